The normalized spacial score (nSPS) is 11.2. The molecule has 1 amide bonds. The van der Waals surface area contributed by atoms with E-state index in [-0.39, 0.29) is 18.1 Å². The van der Waals surface area contributed by atoms with Gasteiger partial charge in [-0.2, -0.15) is 9.78 Å². The van der Waals surface area contributed by atoms with Crippen molar-refractivity contribution in [2.45, 2.75) is 13.3 Å². The number of nitrogens with one attached hydrogen (secondary N) is 1. The molecule has 8 heteroatoms. The first-order valence-electron chi connectivity index (χ1n) is 9.61. The molecule has 0 aliphatic heterocycles. The fraction of sp³-hybridized carbons (Fsp3) is 0.0870. The maximum atomic E-state index is 13.1. The van der Waals surface area contributed by atoms with Crippen LogP contribution in [0.5, 0.6) is 0 Å². The van der Waals surface area contributed by atoms with Crippen LogP contribution in [0.4, 0.5) is 10.2 Å². The molecule has 0 unspecified atom stereocenters. The second-order valence-electron chi connectivity index (χ2n) is 7.10. The Morgan fingerprint density at radius 3 is 2.77 bits per heavy atom. The van der Waals surface area contributed by atoms with E-state index >= 15 is 0 Å². The first-order valence-corrected chi connectivity index (χ1v) is 10.5. The molecule has 0 atom stereocenters. The molecule has 0 radical (unpaired) electrons. The smallest absolute Gasteiger partial charge is 0.229 e. The van der Waals surface area contributed by atoms with E-state index in [9.17, 15) is 9.18 Å². The number of thiazole rings is 1. The van der Waals surface area contributed by atoms with Crippen LogP contribution in [0.25, 0.3) is 27.6 Å². The fourth-order valence-corrected chi connectivity index (χ4v) is 4.07. The predicted octanol–water partition coefficient (Wildman–Crippen LogP) is 5.37. The highest BCUT2D eigenvalue weighted by Gasteiger charge is 2.16. The molecule has 2 aromatic carbocycles. The Morgan fingerprint density at radius 1 is 1.16 bits per heavy atom. The first kappa shape index (κ1) is 19.2. The maximum absolute atomic E-state index is 13.1. The van der Waals surface area contributed by atoms with Crippen LogP contribution in [-0.2, 0) is 11.2 Å². The number of amides is 1. The Bertz CT molecular complexity index is 1350. The fourth-order valence-electron chi connectivity index (χ4n) is 3.29. The van der Waals surface area contributed by atoms with Gasteiger partial charge in [0.05, 0.1) is 12.1 Å². The van der Waals surface area contributed by atoms with Gasteiger partial charge in [0.25, 0.3) is 0 Å². The molecular formula is C23H17FN4O2S. The lowest BCUT2D eigenvalue weighted by atomic mass is 10.1. The predicted molar refractivity (Wildman–Crippen MR) is 118 cm³/mol. The van der Waals surface area contributed by atoms with Gasteiger partial charge in [-0.25, -0.2) is 9.37 Å². The molecule has 154 valence electrons. The van der Waals surface area contributed by atoms with E-state index in [0.717, 1.165) is 22.2 Å². The molecule has 1 N–H and O–H groups in total. The molecule has 6 nitrogen and oxygen atoms in total. The summed E-state index contributed by atoms with van der Waals surface area (Å²) in [6.07, 6.45) is 0.132. The Balaban J connectivity index is 1.39. The highest BCUT2D eigenvalue weighted by molar-refractivity contribution is 7.12. The van der Waals surface area contributed by atoms with Crippen molar-refractivity contribution in [2.75, 3.05) is 5.32 Å². The number of aryl methyl sites for hydroxylation is 1. The number of benzene rings is 2. The number of rotatable bonds is 5. The molecule has 0 saturated heterocycles. The molecule has 5 rings (SSSR count). The molecular weight excluding hydrogens is 415 g/mol. The van der Waals surface area contributed by atoms with Crippen molar-refractivity contribution >= 4 is 34.0 Å². The largest absolute Gasteiger partial charge is 0.454 e. The third kappa shape index (κ3) is 3.97. The van der Waals surface area contributed by atoms with Gasteiger partial charge < -0.3 is 9.73 Å². The number of aromatic nitrogens is 3. The molecule has 0 aliphatic rings. The Kier molecular flexibility index (Phi) is 4.83. The van der Waals surface area contributed by atoms with Crippen molar-refractivity contribution in [1.29, 1.82) is 0 Å². The number of anilines is 1. The number of para-hydroxylation sites is 1. The van der Waals surface area contributed by atoms with Gasteiger partial charge in [-0.1, -0.05) is 30.3 Å². The van der Waals surface area contributed by atoms with Gasteiger partial charge >= 0.3 is 0 Å². The Labute approximate surface area is 181 Å². The van der Waals surface area contributed by atoms with Gasteiger partial charge in [0.2, 0.25) is 11.0 Å². The van der Waals surface area contributed by atoms with Crippen LogP contribution in [-0.4, -0.2) is 20.7 Å². The molecule has 0 aliphatic carbocycles. The molecule has 31 heavy (non-hydrogen) atoms. The monoisotopic (exact) mass is 432 g/mol. The van der Waals surface area contributed by atoms with Gasteiger partial charge in [-0.15, -0.1) is 11.3 Å². The maximum Gasteiger partial charge on any atom is 0.229 e. The lowest BCUT2D eigenvalue weighted by Crippen LogP contribution is -2.17. The van der Waals surface area contributed by atoms with Gasteiger partial charge in [0, 0.05) is 16.8 Å². The molecule has 3 aromatic heterocycles. The SMILES string of the molecule is Cc1cc(NC(=O)Cc2ccc(F)cc2)n(-c2nc(-c3cc4ccccc4o3)cs2)n1. The van der Waals surface area contributed by atoms with Crippen LogP contribution in [0.2, 0.25) is 0 Å². The van der Waals surface area contributed by atoms with Crippen molar-refractivity contribution in [3.05, 3.63) is 83.1 Å². The average molecular weight is 432 g/mol. The summed E-state index contributed by atoms with van der Waals surface area (Å²) in [4.78, 5) is 17.2. The summed E-state index contributed by atoms with van der Waals surface area (Å²) >= 11 is 1.40. The third-order valence-electron chi connectivity index (χ3n) is 4.73. The van der Waals surface area contributed by atoms with E-state index < -0.39 is 0 Å². The zero-order valence-corrected chi connectivity index (χ0v) is 17.3. The summed E-state index contributed by atoms with van der Waals surface area (Å²) in [5.74, 6) is 0.647. The van der Waals surface area contributed by atoms with Crippen LogP contribution >= 0.6 is 11.3 Å². The highest BCUT2D eigenvalue weighted by atomic mass is 32.1. The minimum atomic E-state index is -0.332. The zero-order chi connectivity index (χ0) is 21.4. The summed E-state index contributed by atoms with van der Waals surface area (Å²) in [6.45, 7) is 1.85. The second kappa shape index (κ2) is 7.81. The molecule has 5 aromatic rings. The summed E-state index contributed by atoms with van der Waals surface area (Å²) < 4.78 is 20.6. The summed E-state index contributed by atoms with van der Waals surface area (Å²) in [5, 5.41) is 10.9. The Hall–Kier alpha value is -3.78. The molecule has 0 fully saturated rings. The van der Waals surface area contributed by atoms with Crippen molar-refractivity contribution in [3.63, 3.8) is 0 Å². The number of halogens is 1. The minimum Gasteiger partial charge on any atom is -0.454 e. The van der Waals surface area contributed by atoms with E-state index in [1.165, 1.54) is 23.5 Å². The molecule has 3 heterocycles. The molecule has 0 bridgehead atoms. The number of hydrogen-bond donors (Lipinski definition) is 1. The lowest BCUT2D eigenvalue weighted by Gasteiger charge is -2.06. The van der Waals surface area contributed by atoms with Crippen molar-refractivity contribution in [2.24, 2.45) is 0 Å². The standard InChI is InChI=1S/C23H17FN4O2S/c1-14-10-21(26-22(29)11-15-6-8-17(24)9-7-15)28(27-14)23-25-18(13-31-23)20-12-16-4-2-3-5-19(16)30-20/h2-10,12-13H,11H2,1H3,(H,26,29). The summed E-state index contributed by atoms with van der Waals surface area (Å²) in [7, 11) is 0. The topological polar surface area (TPSA) is 73.0 Å². The molecule has 0 spiro atoms. The summed E-state index contributed by atoms with van der Waals surface area (Å²) in [6, 6.07) is 17.4. The van der Waals surface area contributed by atoms with Gasteiger partial charge in [0.15, 0.2) is 5.76 Å². The van der Waals surface area contributed by atoms with Crippen molar-refractivity contribution in [3.8, 4) is 16.6 Å². The van der Waals surface area contributed by atoms with Crippen LogP contribution in [0.1, 0.15) is 11.3 Å². The number of nitrogens with zero attached hydrogens (tertiary/aromatic N) is 3. The van der Waals surface area contributed by atoms with Gasteiger partial charge in [0.1, 0.15) is 22.9 Å². The number of carbonyl (C=O) groups excluding carboxylic acids is 1. The number of furan rings is 1. The molecule has 0 saturated carbocycles. The third-order valence-corrected chi connectivity index (χ3v) is 5.54. The van der Waals surface area contributed by atoms with E-state index in [4.69, 9.17) is 4.42 Å². The number of carbonyl (C=O) groups is 1. The van der Waals surface area contributed by atoms with Crippen LogP contribution in [0, 0.1) is 12.7 Å². The second-order valence-corrected chi connectivity index (χ2v) is 7.93. The summed E-state index contributed by atoms with van der Waals surface area (Å²) in [5.41, 5.74) is 2.98. The first-order chi connectivity index (χ1) is 15.0. The van der Waals surface area contributed by atoms with Crippen molar-refractivity contribution < 1.29 is 13.6 Å². The Morgan fingerprint density at radius 2 is 1.97 bits per heavy atom. The van der Waals surface area contributed by atoms with E-state index in [1.807, 2.05) is 42.6 Å². The van der Waals surface area contributed by atoms with E-state index in [0.29, 0.717) is 22.4 Å². The van der Waals surface area contributed by atoms with E-state index in [1.54, 1.807) is 22.9 Å². The number of fused-ring (bicyclic) bond motifs is 1. The van der Waals surface area contributed by atoms with Gasteiger partial charge in [-0.05, 0) is 36.8 Å². The van der Waals surface area contributed by atoms with Gasteiger partial charge in [-0.3, -0.25) is 4.79 Å². The highest BCUT2D eigenvalue weighted by Crippen LogP contribution is 2.30. The van der Waals surface area contributed by atoms with Crippen LogP contribution in [0.3, 0.4) is 0 Å². The van der Waals surface area contributed by atoms with Crippen molar-refractivity contribution in [1.82, 2.24) is 14.8 Å². The minimum absolute atomic E-state index is 0.132. The zero-order valence-electron chi connectivity index (χ0n) is 16.5. The van der Waals surface area contributed by atoms with E-state index in [2.05, 4.69) is 15.4 Å². The number of hydrogen-bond acceptors (Lipinski definition) is 5. The average Bonchev–Trinajstić information content (AvgIpc) is 3.47. The van der Waals surface area contributed by atoms with Crippen LogP contribution < -0.4 is 5.32 Å². The van der Waals surface area contributed by atoms with Crippen LogP contribution in [0.15, 0.2) is 70.5 Å². The quantitative estimate of drug-likeness (QED) is 0.405. The lowest BCUT2D eigenvalue weighted by molar-refractivity contribution is -0.115.